The summed E-state index contributed by atoms with van der Waals surface area (Å²) in [6.07, 6.45) is 3.92. The van der Waals surface area contributed by atoms with E-state index in [4.69, 9.17) is 0 Å². The first-order valence-electron chi connectivity index (χ1n) is 8.37. The number of rotatable bonds is 4. The predicted molar refractivity (Wildman–Crippen MR) is 95.6 cm³/mol. The first-order valence-corrected chi connectivity index (χ1v) is 8.37. The van der Waals surface area contributed by atoms with Crippen molar-refractivity contribution in [3.05, 3.63) is 64.7 Å². The molecule has 0 saturated heterocycles. The van der Waals surface area contributed by atoms with Crippen molar-refractivity contribution in [2.75, 3.05) is 5.32 Å². The highest BCUT2D eigenvalue weighted by Crippen LogP contribution is 2.38. The summed E-state index contributed by atoms with van der Waals surface area (Å²) in [6.45, 7) is 1.68. The van der Waals surface area contributed by atoms with Crippen molar-refractivity contribution in [1.82, 2.24) is 14.8 Å². The van der Waals surface area contributed by atoms with Crippen LogP contribution < -0.4 is 10.9 Å². The van der Waals surface area contributed by atoms with E-state index in [-0.39, 0.29) is 11.5 Å². The van der Waals surface area contributed by atoms with Crippen molar-refractivity contribution in [1.29, 1.82) is 0 Å². The van der Waals surface area contributed by atoms with E-state index >= 15 is 0 Å². The van der Waals surface area contributed by atoms with E-state index in [0.29, 0.717) is 11.6 Å². The number of hydrogen-bond donors (Lipinski definition) is 1. The van der Waals surface area contributed by atoms with Crippen LogP contribution in [0.25, 0.3) is 10.9 Å². The van der Waals surface area contributed by atoms with Crippen LogP contribution in [-0.4, -0.2) is 20.7 Å². The second-order valence-electron chi connectivity index (χ2n) is 6.39. The molecule has 1 aliphatic carbocycles. The molecule has 1 aromatic carbocycles. The minimum atomic E-state index is -0.684. The van der Waals surface area contributed by atoms with Crippen LogP contribution >= 0.6 is 0 Å². The maximum atomic E-state index is 12.6. The first-order chi connectivity index (χ1) is 12.1. The maximum absolute atomic E-state index is 12.6. The first kappa shape index (κ1) is 15.5. The lowest BCUT2D eigenvalue weighted by molar-refractivity contribution is -0.119. The van der Waals surface area contributed by atoms with E-state index < -0.39 is 6.04 Å². The van der Waals surface area contributed by atoms with Gasteiger partial charge in [0.25, 0.3) is 5.56 Å². The third-order valence-corrected chi connectivity index (χ3v) is 4.46. The van der Waals surface area contributed by atoms with Gasteiger partial charge < -0.3 is 5.32 Å². The molecule has 2 aromatic heterocycles. The predicted octanol–water partition coefficient (Wildman–Crippen LogP) is 2.87. The van der Waals surface area contributed by atoms with Gasteiger partial charge in [-0.3, -0.25) is 14.6 Å². The molecule has 4 rings (SSSR count). The number of amides is 1. The van der Waals surface area contributed by atoms with Crippen molar-refractivity contribution >= 4 is 22.5 Å². The molecule has 1 saturated carbocycles. The summed E-state index contributed by atoms with van der Waals surface area (Å²) in [4.78, 5) is 28.9. The Morgan fingerprint density at radius 3 is 2.88 bits per heavy atom. The van der Waals surface area contributed by atoms with Crippen LogP contribution in [0.4, 0.5) is 5.69 Å². The second kappa shape index (κ2) is 6.12. The Labute approximate surface area is 144 Å². The number of hydrogen-bond acceptors (Lipinski definition) is 4. The molecule has 126 valence electrons. The van der Waals surface area contributed by atoms with E-state index in [0.717, 1.165) is 29.4 Å². The van der Waals surface area contributed by atoms with Crippen LogP contribution in [0.5, 0.6) is 0 Å². The van der Waals surface area contributed by atoms with E-state index in [2.05, 4.69) is 15.4 Å². The number of carbonyl (C=O) groups is 1. The van der Waals surface area contributed by atoms with Crippen molar-refractivity contribution < 1.29 is 4.79 Å². The zero-order valence-electron chi connectivity index (χ0n) is 13.8. The van der Waals surface area contributed by atoms with Gasteiger partial charge in [0.2, 0.25) is 5.91 Å². The minimum Gasteiger partial charge on any atom is -0.324 e. The molecule has 1 atom stereocenters. The Morgan fingerprint density at radius 2 is 2.08 bits per heavy atom. The average molecular weight is 334 g/mol. The second-order valence-corrected chi connectivity index (χ2v) is 6.39. The fourth-order valence-electron chi connectivity index (χ4n) is 2.83. The van der Waals surface area contributed by atoms with Crippen molar-refractivity contribution in [2.45, 2.75) is 31.7 Å². The van der Waals surface area contributed by atoms with Crippen molar-refractivity contribution in [3.8, 4) is 0 Å². The van der Waals surface area contributed by atoms with Crippen molar-refractivity contribution in [3.63, 3.8) is 0 Å². The smallest absolute Gasteiger partial charge is 0.267 e. The molecule has 1 unspecified atom stereocenters. The van der Waals surface area contributed by atoms with Gasteiger partial charge in [-0.2, -0.15) is 5.10 Å². The van der Waals surface area contributed by atoms with Gasteiger partial charge in [-0.05, 0) is 50.1 Å². The highest BCUT2D eigenvalue weighted by molar-refractivity contribution is 5.95. The molecule has 1 fully saturated rings. The standard InChI is InChI=1S/C19H18N4O2/c1-12(23-18(24)9-8-17(22-23)13-4-5-13)19(25)21-15-6-7-16-14(11-15)3-2-10-20-16/h2-3,6-13H,4-5H2,1H3,(H,21,25). The highest BCUT2D eigenvalue weighted by atomic mass is 16.2. The summed E-state index contributed by atoms with van der Waals surface area (Å²) < 4.78 is 1.27. The molecule has 0 radical (unpaired) electrons. The van der Waals surface area contributed by atoms with E-state index in [9.17, 15) is 9.59 Å². The molecule has 1 aliphatic rings. The van der Waals surface area contributed by atoms with Gasteiger partial charge in [0, 0.05) is 29.3 Å². The Hall–Kier alpha value is -3.02. The van der Waals surface area contributed by atoms with Crippen LogP contribution in [0, 0.1) is 0 Å². The SMILES string of the molecule is CC(C(=O)Nc1ccc2ncccc2c1)n1nc(C2CC2)ccc1=O. The molecule has 3 aromatic rings. The molecule has 2 heterocycles. The lowest BCUT2D eigenvalue weighted by Crippen LogP contribution is -2.33. The highest BCUT2D eigenvalue weighted by Gasteiger charge is 2.27. The molecule has 25 heavy (non-hydrogen) atoms. The van der Waals surface area contributed by atoms with Crippen LogP contribution in [0.3, 0.4) is 0 Å². The van der Waals surface area contributed by atoms with Crippen molar-refractivity contribution in [2.24, 2.45) is 0 Å². The molecule has 1 N–H and O–H groups in total. The van der Waals surface area contributed by atoms with Gasteiger partial charge in [0.15, 0.2) is 0 Å². The fourth-order valence-corrected chi connectivity index (χ4v) is 2.83. The van der Waals surface area contributed by atoms with Gasteiger partial charge in [-0.25, -0.2) is 4.68 Å². The van der Waals surface area contributed by atoms with Crippen LogP contribution in [0.2, 0.25) is 0 Å². The Balaban J connectivity index is 1.57. The number of benzene rings is 1. The Morgan fingerprint density at radius 1 is 1.24 bits per heavy atom. The topological polar surface area (TPSA) is 76.9 Å². The number of aromatic nitrogens is 3. The van der Waals surface area contributed by atoms with Gasteiger partial charge in [-0.15, -0.1) is 0 Å². The monoisotopic (exact) mass is 334 g/mol. The number of nitrogens with one attached hydrogen (secondary N) is 1. The molecular weight excluding hydrogens is 316 g/mol. The number of pyridine rings is 1. The van der Waals surface area contributed by atoms with Crippen LogP contribution in [-0.2, 0) is 4.79 Å². The molecular formula is C19H18N4O2. The van der Waals surface area contributed by atoms with Crippen LogP contribution in [0.1, 0.15) is 37.4 Å². The number of nitrogens with zero attached hydrogens (tertiary/aromatic N) is 3. The van der Waals surface area contributed by atoms with E-state index in [1.807, 2.05) is 24.3 Å². The number of anilines is 1. The van der Waals surface area contributed by atoms with Gasteiger partial charge >= 0.3 is 0 Å². The van der Waals surface area contributed by atoms with Gasteiger partial charge in [-0.1, -0.05) is 6.07 Å². The molecule has 6 heteroatoms. The normalized spacial score (nSPS) is 15.1. The molecule has 6 nitrogen and oxygen atoms in total. The molecule has 0 aliphatic heterocycles. The zero-order valence-corrected chi connectivity index (χ0v) is 13.8. The third-order valence-electron chi connectivity index (χ3n) is 4.46. The number of fused-ring (bicyclic) bond motifs is 1. The molecule has 0 bridgehead atoms. The maximum Gasteiger partial charge on any atom is 0.267 e. The summed E-state index contributed by atoms with van der Waals surface area (Å²) in [6, 6.07) is 11.9. The zero-order chi connectivity index (χ0) is 17.4. The summed E-state index contributed by atoms with van der Waals surface area (Å²) in [7, 11) is 0. The summed E-state index contributed by atoms with van der Waals surface area (Å²) in [5.74, 6) is 0.154. The quantitative estimate of drug-likeness (QED) is 0.796. The fraction of sp³-hybridized carbons (Fsp3) is 0.263. The average Bonchev–Trinajstić information content (AvgIpc) is 3.46. The lowest BCUT2D eigenvalue weighted by atomic mass is 10.2. The van der Waals surface area contributed by atoms with Crippen LogP contribution in [0.15, 0.2) is 53.5 Å². The van der Waals surface area contributed by atoms with Gasteiger partial charge in [0.05, 0.1) is 11.2 Å². The Bertz CT molecular complexity index is 1010. The van der Waals surface area contributed by atoms with E-state index in [1.54, 1.807) is 25.3 Å². The largest absolute Gasteiger partial charge is 0.324 e. The lowest BCUT2D eigenvalue weighted by Gasteiger charge is -2.15. The summed E-state index contributed by atoms with van der Waals surface area (Å²) in [5.41, 5.74) is 2.15. The molecule has 0 spiro atoms. The third kappa shape index (κ3) is 3.15. The number of carbonyl (C=O) groups excluding carboxylic acids is 1. The van der Waals surface area contributed by atoms with Gasteiger partial charge in [0.1, 0.15) is 6.04 Å². The Kier molecular flexibility index (Phi) is 3.80. The minimum absolute atomic E-state index is 0.269. The molecule has 1 amide bonds. The summed E-state index contributed by atoms with van der Waals surface area (Å²) in [5, 5.41) is 8.18. The van der Waals surface area contributed by atoms with E-state index in [1.165, 1.54) is 10.7 Å². The summed E-state index contributed by atoms with van der Waals surface area (Å²) >= 11 is 0.